The van der Waals surface area contributed by atoms with E-state index in [4.69, 9.17) is 9.47 Å². The van der Waals surface area contributed by atoms with Gasteiger partial charge in [0.2, 0.25) is 6.08 Å². The van der Waals surface area contributed by atoms with Crippen molar-refractivity contribution in [3.8, 4) is 11.5 Å². The van der Waals surface area contributed by atoms with Crippen molar-refractivity contribution in [1.29, 1.82) is 0 Å². The van der Waals surface area contributed by atoms with Crippen LogP contribution >= 0.6 is 0 Å². The third kappa shape index (κ3) is 1.92. The highest BCUT2D eigenvalue weighted by Crippen LogP contribution is 2.54. The Kier molecular flexibility index (Phi) is 2.90. The van der Waals surface area contributed by atoms with Crippen LogP contribution in [-0.4, -0.2) is 20.3 Å². The molecule has 0 bridgehead atoms. The van der Waals surface area contributed by atoms with Crippen LogP contribution < -0.4 is 9.47 Å². The van der Waals surface area contributed by atoms with Gasteiger partial charge in [-0.3, -0.25) is 0 Å². The molecule has 0 atom stereocenters. The second-order valence-electron chi connectivity index (χ2n) is 4.28. The summed E-state index contributed by atoms with van der Waals surface area (Å²) in [5.74, 6) is 1.34. The third-order valence-electron chi connectivity index (χ3n) is 3.11. The number of isocyanates is 1. The molecule has 0 amide bonds. The second-order valence-corrected chi connectivity index (χ2v) is 4.28. The molecule has 0 spiro atoms. The van der Waals surface area contributed by atoms with Gasteiger partial charge in [0.05, 0.1) is 14.2 Å². The number of benzene rings is 1. The van der Waals surface area contributed by atoms with Crippen LogP contribution in [0, 0.1) is 6.92 Å². The van der Waals surface area contributed by atoms with Crippen molar-refractivity contribution < 1.29 is 14.3 Å². The highest BCUT2D eigenvalue weighted by atomic mass is 16.5. The molecule has 1 fully saturated rings. The lowest BCUT2D eigenvalue weighted by atomic mass is 10.0. The molecule has 17 heavy (non-hydrogen) atoms. The van der Waals surface area contributed by atoms with E-state index in [1.165, 1.54) is 0 Å². The van der Waals surface area contributed by atoms with Gasteiger partial charge in [-0.2, -0.15) is 4.99 Å². The average molecular weight is 233 g/mol. The van der Waals surface area contributed by atoms with Crippen LogP contribution in [0.25, 0.3) is 0 Å². The summed E-state index contributed by atoms with van der Waals surface area (Å²) in [5.41, 5.74) is 1.54. The van der Waals surface area contributed by atoms with Crippen molar-refractivity contribution in [2.24, 2.45) is 4.99 Å². The Morgan fingerprint density at radius 2 is 2.00 bits per heavy atom. The molecule has 1 aliphatic rings. The fourth-order valence-corrected chi connectivity index (χ4v) is 2.09. The van der Waals surface area contributed by atoms with Gasteiger partial charge in [-0.25, -0.2) is 4.79 Å². The summed E-state index contributed by atoms with van der Waals surface area (Å²) < 4.78 is 10.7. The zero-order valence-electron chi connectivity index (χ0n) is 10.2. The Labute approximate surface area is 100 Å². The summed E-state index contributed by atoms with van der Waals surface area (Å²) in [6.07, 6.45) is 3.36. The van der Waals surface area contributed by atoms with Crippen molar-refractivity contribution in [2.45, 2.75) is 25.3 Å². The van der Waals surface area contributed by atoms with Crippen LogP contribution in [0.1, 0.15) is 24.0 Å². The number of hydrogen-bond acceptors (Lipinski definition) is 4. The second kappa shape index (κ2) is 4.22. The number of carbonyl (C=O) groups excluding carboxylic acids is 1. The van der Waals surface area contributed by atoms with Gasteiger partial charge in [0.1, 0.15) is 5.54 Å². The lowest BCUT2D eigenvalue weighted by Crippen LogP contribution is -2.07. The van der Waals surface area contributed by atoms with Gasteiger partial charge in [0.25, 0.3) is 0 Å². The van der Waals surface area contributed by atoms with Crippen LogP contribution in [0.15, 0.2) is 17.1 Å². The van der Waals surface area contributed by atoms with Crippen LogP contribution in [0.5, 0.6) is 11.5 Å². The molecule has 0 radical (unpaired) electrons. The monoisotopic (exact) mass is 233 g/mol. The average Bonchev–Trinajstić information content (AvgIpc) is 3.09. The highest BCUT2D eigenvalue weighted by Gasteiger charge is 2.47. The molecule has 4 nitrogen and oxygen atoms in total. The van der Waals surface area contributed by atoms with Crippen LogP contribution in [0.3, 0.4) is 0 Å². The number of ether oxygens (including phenoxy) is 2. The predicted molar refractivity (Wildman–Crippen MR) is 63.3 cm³/mol. The summed E-state index contributed by atoms with van der Waals surface area (Å²) in [7, 11) is 3.20. The van der Waals surface area contributed by atoms with Gasteiger partial charge in [-0.05, 0) is 37.5 Å². The molecule has 0 aliphatic heterocycles. The van der Waals surface area contributed by atoms with E-state index in [9.17, 15) is 4.79 Å². The van der Waals surface area contributed by atoms with E-state index in [-0.39, 0.29) is 0 Å². The summed E-state index contributed by atoms with van der Waals surface area (Å²) in [6, 6.07) is 3.90. The molecule has 0 saturated heterocycles. The van der Waals surface area contributed by atoms with Crippen molar-refractivity contribution in [3.05, 3.63) is 23.3 Å². The first-order chi connectivity index (χ1) is 8.16. The van der Waals surface area contributed by atoms with Crippen LogP contribution in [-0.2, 0) is 10.3 Å². The van der Waals surface area contributed by atoms with E-state index in [0.29, 0.717) is 11.5 Å². The molecule has 4 heteroatoms. The van der Waals surface area contributed by atoms with Crippen molar-refractivity contribution in [2.75, 3.05) is 14.2 Å². The van der Waals surface area contributed by atoms with E-state index in [1.807, 2.05) is 19.1 Å². The molecule has 0 aromatic heterocycles. The van der Waals surface area contributed by atoms with Gasteiger partial charge in [-0.15, -0.1) is 0 Å². The predicted octanol–water partition coefficient (Wildman–Crippen LogP) is 2.34. The standard InChI is InChI=1S/C13H15NO3/c1-9-6-10(13(4-5-13)14-8-15)12(17-3)11(7-9)16-2/h6-7H,4-5H2,1-3H3. The molecule has 0 heterocycles. The molecular formula is C13H15NO3. The first-order valence-corrected chi connectivity index (χ1v) is 5.49. The zero-order valence-corrected chi connectivity index (χ0v) is 10.2. The maximum atomic E-state index is 10.5. The van der Waals surface area contributed by atoms with E-state index in [1.54, 1.807) is 20.3 Å². The quantitative estimate of drug-likeness (QED) is 0.592. The molecule has 0 N–H and O–H groups in total. The van der Waals surface area contributed by atoms with Crippen LogP contribution in [0.2, 0.25) is 0 Å². The number of hydrogen-bond donors (Lipinski definition) is 0. The third-order valence-corrected chi connectivity index (χ3v) is 3.11. The number of nitrogens with zero attached hydrogens (tertiary/aromatic N) is 1. The normalized spacial score (nSPS) is 15.9. The largest absolute Gasteiger partial charge is 0.493 e. The van der Waals surface area contributed by atoms with E-state index < -0.39 is 5.54 Å². The van der Waals surface area contributed by atoms with Gasteiger partial charge < -0.3 is 9.47 Å². The number of rotatable bonds is 4. The first kappa shape index (κ1) is 11.7. The maximum Gasteiger partial charge on any atom is 0.235 e. The molecule has 90 valence electrons. The van der Waals surface area contributed by atoms with Gasteiger partial charge in [0.15, 0.2) is 11.5 Å². The fraction of sp³-hybridized carbons (Fsp3) is 0.462. The number of methoxy groups -OCH3 is 2. The lowest BCUT2D eigenvalue weighted by Gasteiger charge is -2.17. The Hall–Kier alpha value is -1.80. The van der Waals surface area contributed by atoms with Gasteiger partial charge in [-0.1, -0.05) is 0 Å². The summed E-state index contributed by atoms with van der Waals surface area (Å²) in [4.78, 5) is 14.4. The van der Waals surface area contributed by atoms with Crippen LogP contribution in [0.4, 0.5) is 0 Å². The van der Waals surface area contributed by atoms with E-state index in [2.05, 4.69) is 4.99 Å². The molecule has 0 unspecified atom stereocenters. The summed E-state index contributed by atoms with van der Waals surface area (Å²) in [6.45, 7) is 1.98. The molecule has 1 aliphatic carbocycles. The minimum absolute atomic E-state index is 0.438. The Morgan fingerprint density at radius 1 is 1.29 bits per heavy atom. The number of aliphatic imine (C=N–C) groups is 1. The fourth-order valence-electron chi connectivity index (χ4n) is 2.09. The van der Waals surface area contributed by atoms with Gasteiger partial charge in [0, 0.05) is 5.56 Å². The minimum atomic E-state index is -0.438. The Balaban J connectivity index is 2.60. The SMILES string of the molecule is COc1cc(C)cc(C2(N=C=O)CC2)c1OC. The van der Waals surface area contributed by atoms with Crippen molar-refractivity contribution in [1.82, 2.24) is 0 Å². The van der Waals surface area contributed by atoms with Crippen molar-refractivity contribution >= 4 is 6.08 Å². The maximum absolute atomic E-state index is 10.5. The van der Waals surface area contributed by atoms with Crippen molar-refractivity contribution in [3.63, 3.8) is 0 Å². The molecule has 1 aromatic rings. The zero-order chi connectivity index (χ0) is 12.5. The molecular weight excluding hydrogens is 218 g/mol. The highest BCUT2D eigenvalue weighted by molar-refractivity contribution is 5.55. The molecule has 1 aromatic carbocycles. The Morgan fingerprint density at radius 3 is 2.47 bits per heavy atom. The topological polar surface area (TPSA) is 47.9 Å². The van der Waals surface area contributed by atoms with Gasteiger partial charge >= 0.3 is 0 Å². The van der Waals surface area contributed by atoms with E-state index in [0.717, 1.165) is 24.0 Å². The first-order valence-electron chi connectivity index (χ1n) is 5.49. The molecule has 2 rings (SSSR count). The Bertz CT molecular complexity index is 486. The van der Waals surface area contributed by atoms with E-state index >= 15 is 0 Å². The number of aryl methyl sites for hydroxylation is 1. The lowest BCUT2D eigenvalue weighted by molar-refractivity contribution is 0.348. The minimum Gasteiger partial charge on any atom is -0.493 e. The smallest absolute Gasteiger partial charge is 0.235 e. The summed E-state index contributed by atoms with van der Waals surface area (Å²) >= 11 is 0. The summed E-state index contributed by atoms with van der Waals surface area (Å²) in [5, 5.41) is 0. The molecule has 1 saturated carbocycles.